The zero-order valence-corrected chi connectivity index (χ0v) is 14.9. The van der Waals surface area contributed by atoms with Crippen LogP contribution in [0.2, 0.25) is 0 Å². The van der Waals surface area contributed by atoms with Crippen LogP contribution in [-0.4, -0.2) is 17.0 Å². The lowest BCUT2D eigenvalue weighted by molar-refractivity contribution is -0.113. The Morgan fingerprint density at radius 2 is 1.77 bits per heavy atom. The minimum Gasteiger partial charge on any atom is -0.508 e. The zero-order valence-electron chi connectivity index (χ0n) is 14.9. The van der Waals surface area contributed by atoms with Gasteiger partial charge in [-0.25, -0.2) is 4.79 Å². The van der Waals surface area contributed by atoms with Gasteiger partial charge in [0, 0.05) is 11.4 Å². The number of urea groups is 1. The van der Waals surface area contributed by atoms with Gasteiger partial charge >= 0.3 is 6.03 Å². The smallest absolute Gasteiger partial charge is 0.319 e. The molecule has 0 aromatic heterocycles. The van der Waals surface area contributed by atoms with Crippen molar-refractivity contribution in [2.24, 2.45) is 0 Å². The maximum Gasteiger partial charge on any atom is 0.319 e. The van der Waals surface area contributed by atoms with E-state index in [-0.39, 0.29) is 17.7 Å². The molecule has 6 heteroatoms. The number of hydrogen-bond donors (Lipinski definition) is 4. The highest BCUT2D eigenvalue weighted by Crippen LogP contribution is 2.29. The lowest BCUT2D eigenvalue weighted by Gasteiger charge is -2.29. The van der Waals surface area contributed by atoms with E-state index in [0.29, 0.717) is 16.8 Å². The second-order valence-corrected chi connectivity index (χ2v) is 6.43. The Bertz CT molecular complexity index is 901. The number of nitrogens with one attached hydrogen (secondary N) is 3. The summed E-state index contributed by atoms with van der Waals surface area (Å²) in [4.78, 5) is 24.9. The number of aromatic hydroxyl groups is 1. The van der Waals surface area contributed by atoms with Crippen molar-refractivity contribution in [1.82, 2.24) is 10.6 Å². The van der Waals surface area contributed by atoms with E-state index in [1.54, 1.807) is 19.1 Å². The molecule has 0 bridgehead atoms. The summed E-state index contributed by atoms with van der Waals surface area (Å²) >= 11 is 0. The molecule has 0 unspecified atom stereocenters. The van der Waals surface area contributed by atoms with Crippen LogP contribution in [0.5, 0.6) is 5.75 Å². The monoisotopic (exact) mass is 351 g/mol. The van der Waals surface area contributed by atoms with E-state index in [2.05, 4.69) is 16.0 Å². The number of hydrogen-bond acceptors (Lipinski definition) is 3. The van der Waals surface area contributed by atoms with Gasteiger partial charge in [-0.15, -0.1) is 0 Å². The van der Waals surface area contributed by atoms with Gasteiger partial charge in [0.1, 0.15) is 5.75 Å². The average Bonchev–Trinajstić information content (AvgIpc) is 2.58. The van der Waals surface area contributed by atoms with Crippen LogP contribution in [0.25, 0.3) is 0 Å². The molecule has 2 aromatic rings. The second-order valence-electron chi connectivity index (χ2n) is 6.43. The third-order valence-corrected chi connectivity index (χ3v) is 4.38. The van der Waals surface area contributed by atoms with Gasteiger partial charge in [-0.3, -0.25) is 4.79 Å². The summed E-state index contributed by atoms with van der Waals surface area (Å²) in [5.41, 5.74) is 4.36. The molecule has 26 heavy (non-hydrogen) atoms. The molecule has 0 saturated heterocycles. The molecule has 3 rings (SSSR count). The zero-order chi connectivity index (χ0) is 18.8. The van der Waals surface area contributed by atoms with Crippen molar-refractivity contribution in [3.05, 3.63) is 70.4 Å². The first kappa shape index (κ1) is 17.5. The maximum atomic E-state index is 13.0. The minimum absolute atomic E-state index is 0.121. The van der Waals surface area contributed by atoms with Crippen molar-refractivity contribution in [3.63, 3.8) is 0 Å². The van der Waals surface area contributed by atoms with Crippen LogP contribution in [0, 0.1) is 13.8 Å². The van der Waals surface area contributed by atoms with Crippen LogP contribution < -0.4 is 16.0 Å². The molecule has 1 aliphatic rings. The van der Waals surface area contributed by atoms with Crippen molar-refractivity contribution < 1.29 is 14.7 Å². The Morgan fingerprint density at radius 3 is 2.46 bits per heavy atom. The van der Waals surface area contributed by atoms with Gasteiger partial charge in [0.2, 0.25) is 0 Å². The van der Waals surface area contributed by atoms with Crippen LogP contribution in [0.1, 0.15) is 29.7 Å². The largest absolute Gasteiger partial charge is 0.508 e. The summed E-state index contributed by atoms with van der Waals surface area (Å²) in [5, 5.41) is 17.9. The average molecular weight is 351 g/mol. The highest BCUT2D eigenvalue weighted by molar-refractivity contribution is 6.07. The van der Waals surface area contributed by atoms with E-state index in [4.69, 9.17) is 0 Å². The fourth-order valence-corrected chi connectivity index (χ4v) is 2.97. The number of phenols is 1. The molecule has 1 aliphatic heterocycles. The molecular weight excluding hydrogens is 330 g/mol. The van der Waals surface area contributed by atoms with Crippen LogP contribution in [-0.2, 0) is 4.79 Å². The van der Waals surface area contributed by atoms with Gasteiger partial charge in [0.15, 0.2) is 0 Å². The molecule has 1 heterocycles. The Morgan fingerprint density at radius 1 is 1.08 bits per heavy atom. The van der Waals surface area contributed by atoms with Crippen LogP contribution in [0.3, 0.4) is 0 Å². The van der Waals surface area contributed by atoms with E-state index in [1.165, 1.54) is 12.1 Å². The predicted octanol–water partition coefficient (Wildman–Crippen LogP) is 3.28. The van der Waals surface area contributed by atoms with Crippen LogP contribution >= 0.6 is 0 Å². The first-order chi connectivity index (χ1) is 12.3. The number of rotatable bonds is 3. The molecular formula is C20H21N3O3. The normalized spacial score (nSPS) is 16.7. The fraction of sp³-hybridized carbons (Fsp3) is 0.200. The SMILES string of the molecule is CC1=C(C(=O)Nc2cc(C)ccc2C)[C@@H](c2ccc(O)cc2)NC(=O)N1. The van der Waals surface area contributed by atoms with Crippen molar-refractivity contribution in [2.75, 3.05) is 5.32 Å². The van der Waals surface area contributed by atoms with Gasteiger partial charge in [0.25, 0.3) is 5.91 Å². The number of amides is 3. The maximum absolute atomic E-state index is 13.0. The second kappa shape index (κ2) is 6.92. The summed E-state index contributed by atoms with van der Waals surface area (Å²) in [6.07, 6.45) is 0. The van der Waals surface area contributed by atoms with Gasteiger partial charge in [-0.1, -0.05) is 24.3 Å². The Hall–Kier alpha value is -3.28. The molecule has 2 aromatic carbocycles. The first-order valence-corrected chi connectivity index (χ1v) is 8.31. The van der Waals surface area contributed by atoms with Gasteiger partial charge < -0.3 is 21.1 Å². The fourth-order valence-electron chi connectivity index (χ4n) is 2.97. The highest BCUT2D eigenvalue weighted by atomic mass is 16.3. The van der Waals surface area contributed by atoms with E-state index in [0.717, 1.165) is 16.8 Å². The summed E-state index contributed by atoms with van der Waals surface area (Å²) < 4.78 is 0. The highest BCUT2D eigenvalue weighted by Gasteiger charge is 2.31. The Labute approximate surface area is 151 Å². The number of aryl methyl sites for hydroxylation is 2. The number of carbonyl (C=O) groups excluding carboxylic acids is 2. The van der Waals surface area contributed by atoms with E-state index in [9.17, 15) is 14.7 Å². The summed E-state index contributed by atoms with van der Waals surface area (Å²) in [5.74, 6) is -0.169. The molecule has 134 valence electrons. The number of benzene rings is 2. The van der Waals surface area contributed by atoms with Gasteiger partial charge in [0.05, 0.1) is 11.6 Å². The third-order valence-electron chi connectivity index (χ3n) is 4.38. The van der Waals surface area contributed by atoms with Crippen molar-refractivity contribution >= 4 is 17.6 Å². The number of carbonyl (C=O) groups is 2. The molecule has 6 nitrogen and oxygen atoms in total. The predicted molar refractivity (Wildman–Crippen MR) is 99.8 cm³/mol. The van der Waals surface area contributed by atoms with Crippen molar-refractivity contribution in [2.45, 2.75) is 26.8 Å². The molecule has 0 fully saturated rings. The lowest BCUT2D eigenvalue weighted by Crippen LogP contribution is -2.46. The molecule has 3 amide bonds. The molecule has 0 radical (unpaired) electrons. The van der Waals surface area contributed by atoms with E-state index >= 15 is 0 Å². The van der Waals surface area contributed by atoms with Crippen LogP contribution in [0.15, 0.2) is 53.7 Å². The lowest BCUT2D eigenvalue weighted by atomic mass is 9.94. The van der Waals surface area contributed by atoms with Crippen LogP contribution in [0.4, 0.5) is 10.5 Å². The van der Waals surface area contributed by atoms with E-state index in [1.807, 2.05) is 32.0 Å². The third kappa shape index (κ3) is 3.54. The molecule has 0 spiro atoms. The molecule has 1 atom stereocenters. The standard InChI is InChI=1S/C20H21N3O3/c1-11-4-5-12(2)16(10-11)22-19(25)17-13(3)21-20(26)23-18(17)14-6-8-15(24)9-7-14/h4-10,18,24H,1-3H3,(H,22,25)(H2,21,23,26)/t18-/m1/s1. The Kier molecular flexibility index (Phi) is 4.67. The first-order valence-electron chi connectivity index (χ1n) is 8.31. The summed E-state index contributed by atoms with van der Waals surface area (Å²) in [7, 11) is 0. The molecule has 4 N–H and O–H groups in total. The minimum atomic E-state index is -0.602. The topological polar surface area (TPSA) is 90.5 Å². The van der Waals surface area contributed by atoms with Gasteiger partial charge in [-0.05, 0) is 55.7 Å². The number of phenolic OH excluding ortho intramolecular Hbond substituents is 1. The van der Waals surface area contributed by atoms with E-state index < -0.39 is 6.04 Å². The summed E-state index contributed by atoms with van der Waals surface area (Å²) in [6.45, 7) is 5.58. The van der Waals surface area contributed by atoms with Crippen molar-refractivity contribution in [1.29, 1.82) is 0 Å². The number of anilines is 1. The van der Waals surface area contributed by atoms with Gasteiger partial charge in [-0.2, -0.15) is 0 Å². The number of allylic oxidation sites excluding steroid dienone is 1. The quantitative estimate of drug-likeness (QED) is 0.684. The molecule has 0 aliphatic carbocycles. The summed E-state index contributed by atoms with van der Waals surface area (Å²) in [6, 6.07) is 11.3. The molecule has 0 saturated carbocycles. The van der Waals surface area contributed by atoms with Crippen molar-refractivity contribution in [3.8, 4) is 5.75 Å². The Balaban J connectivity index is 1.96.